The Bertz CT molecular complexity index is 54.2. The molecule has 0 aliphatic rings. The van der Waals surface area contributed by atoms with Crippen molar-refractivity contribution in [1.82, 2.24) is 0 Å². The van der Waals surface area contributed by atoms with E-state index in [4.69, 9.17) is 7.01 Å². The van der Waals surface area contributed by atoms with Crippen molar-refractivity contribution in [2.45, 2.75) is 0 Å². The molecule has 0 bridgehead atoms. The maximum absolute atomic E-state index is 5.16. The Kier molecular flexibility index (Phi) is 2.98. The first-order chi connectivity index (χ1) is 1.73. The molecule has 0 aromatic heterocycles. The molecule has 0 heterocycles. The summed E-state index contributed by atoms with van der Waals surface area (Å²) in [5, 5.41) is 0. The van der Waals surface area contributed by atoms with Crippen LogP contribution in [0.25, 0.3) is 0 Å². The molecule has 3 heteroatoms. The van der Waals surface area contributed by atoms with E-state index in [1.165, 1.54) is 0 Å². The Hall–Kier alpha value is 1.09. The van der Waals surface area contributed by atoms with Gasteiger partial charge >= 0.3 is 40.6 Å². The van der Waals surface area contributed by atoms with Crippen molar-refractivity contribution in [1.29, 1.82) is 0 Å². The minimum absolute atomic E-state index is 0.150. The van der Waals surface area contributed by atoms with Crippen LogP contribution < -0.4 is 0 Å². The summed E-state index contributed by atoms with van der Waals surface area (Å²) in [5.41, 5.74) is 0. The molecule has 0 aromatic rings. The molecular weight excluding hydrogens is 181 g/mol. The van der Waals surface area contributed by atoms with E-state index in [1.54, 1.807) is 0 Å². The third-order valence-corrected chi connectivity index (χ3v) is 0. The van der Waals surface area contributed by atoms with Gasteiger partial charge in [-0.15, -0.1) is 0 Å². The van der Waals surface area contributed by atoms with Crippen LogP contribution in [0.15, 0.2) is 0 Å². The Morgan fingerprint density at radius 3 is 2.00 bits per heavy atom. The molecule has 0 rings (SSSR count). The molecule has 0 aliphatic carbocycles. The van der Waals surface area contributed by atoms with Crippen molar-refractivity contribution in [3.63, 3.8) is 0 Å². The first-order valence-electron chi connectivity index (χ1n) is 0.874. The van der Waals surface area contributed by atoms with E-state index >= 15 is 0 Å². The summed E-state index contributed by atoms with van der Waals surface area (Å²) in [4.78, 5) is -0.150. The monoisotopic (exact) mass is 184 g/mol. The number of hydrogen-bond donors (Lipinski definition) is 0. The van der Waals surface area contributed by atoms with Crippen molar-refractivity contribution < 1.29 is 0 Å². The Balaban J connectivity index is 3.02. The fourth-order valence-corrected chi connectivity index (χ4v) is 0. The van der Waals surface area contributed by atoms with Crippen molar-refractivity contribution >= 4 is 33.9 Å². The van der Waals surface area contributed by atoms with Gasteiger partial charge in [0, 0.05) is 0 Å². The molecule has 0 saturated carbocycles. The number of rotatable bonds is 0. The van der Waals surface area contributed by atoms with Gasteiger partial charge in [-0.2, -0.15) is 0 Å². The second-order valence-electron chi connectivity index (χ2n) is 0.525. The van der Waals surface area contributed by atoms with E-state index in [1.807, 2.05) is 6.66 Å². The van der Waals surface area contributed by atoms with Crippen LogP contribution in [-0.4, -0.2) is 13.7 Å². The Morgan fingerprint density at radius 1 is 2.00 bits per heavy atom. The van der Waals surface area contributed by atoms with Crippen molar-refractivity contribution in [3.05, 3.63) is 0 Å². The summed E-state index contributed by atoms with van der Waals surface area (Å²) in [6, 6.07) is 0. The number of halogens is 1. The molecule has 1 atom stereocenters. The Labute approximate surface area is 40.8 Å². The molecule has 22 valence electrons. The topological polar surface area (TPSA) is 0 Å². The summed E-state index contributed by atoms with van der Waals surface area (Å²) in [5.74, 6) is 0. The van der Waals surface area contributed by atoms with Gasteiger partial charge in [0.25, 0.3) is 0 Å². The number of hydrogen-bond acceptors (Lipinski definition) is 0. The second-order valence-corrected chi connectivity index (χ2v) is 6.14. The quantitative estimate of drug-likeness (QED) is 0.304. The molecule has 0 nitrogen and oxygen atoms in total. The predicted molar refractivity (Wildman–Crippen MR) is 32.6 cm³/mol. The van der Waals surface area contributed by atoms with E-state index in [0.717, 1.165) is 0 Å². The van der Waals surface area contributed by atoms with Crippen LogP contribution >= 0.6 is 26.9 Å². The summed E-state index contributed by atoms with van der Waals surface area (Å²) >= 11 is 2.19. The molecule has 4 heavy (non-hydrogen) atoms. The van der Waals surface area contributed by atoms with Gasteiger partial charge < -0.3 is 0 Å². The van der Waals surface area contributed by atoms with Gasteiger partial charge in [-0.3, -0.25) is 0 Å². The molecule has 0 amide bonds. The molecule has 0 fully saturated rings. The fraction of sp³-hybridized carbons (Fsp3) is 1.00. The average Bonchev–Trinajstić information content (AvgIpc) is 0.811. The van der Waals surface area contributed by atoms with Gasteiger partial charge in [0.2, 0.25) is 0 Å². The zero-order valence-corrected chi connectivity index (χ0v) is 5.45. The molecule has 0 N–H and O–H groups in total. The van der Waals surface area contributed by atoms with E-state index < -0.39 is 0 Å². The molecular formula is CH3BIP. The van der Waals surface area contributed by atoms with Crippen LogP contribution in [0, 0.1) is 0 Å². The first-order valence-corrected chi connectivity index (χ1v) is 5.52. The zero-order valence-electron chi connectivity index (χ0n) is 2.40. The van der Waals surface area contributed by atoms with Gasteiger partial charge in [0.15, 0.2) is 0 Å². The summed E-state index contributed by atoms with van der Waals surface area (Å²) in [6.45, 7) is 2.00. The van der Waals surface area contributed by atoms with Crippen LogP contribution in [0.5, 0.6) is 0 Å². The van der Waals surface area contributed by atoms with Crippen LogP contribution in [0.2, 0.25) is 0 Å². The summed E-state index contributed by atoms with van der Waals surface area (Å²) in [6.07, 6.45) is 0. The third-order valence-electron chi connectivity index (χ3n) is 0. The molecule has 0 spiro atoms. The fourth-order valence-electron chi connectivity index (χ4n) is 0. The summed E-state index contributed by atoms with van der Waals surface area (Å²) < 4.78 is 0. The normalized spacial score (nSPS) is 11.5. The maximum atomic E-state index is 5.16. The molecule has 0 aliphatic heterocycles. The van der Waals surface area contributed by atoms with Crippen LogP contribution in [0.3, 0.4) is 0 Å². The second kappa shape index (κ2) is 2.34. The molecule has 0 saturated heterocycles. The van der Waals surface area contributed by atoms with E-state index in [2.05, 4.69) is 22.0 Å². The predicted octanol–water partition coefficient (Wildman–Crippen LogP) is 1.53. The molecule has 0 radical (unpaired) electrons. The van der Waals surface area contributed by atoms with Gasteiger partial charge in [-0.1, -0.05) is 0 Å². The van der Waals surface area contributed by atoms with Crippen molar-refractivity contribution in [2.24, 2.45) is 0 Å². The first kappa shape index (κ1) is 5.09. The van der Waals surface area contributed by atoms with Crippen LogP contribution in [0.1, 0.15) is 0 Å². The van der Waals surface area contributed by atoms with Gasteiger partial charge in [-0.25, -0.2) is 0 Å². The molecule has 0 aromatic carbocycles. The summed E-state index contributed by atoms with van der Waals surface area (Å²) in [7, 11) is 5.16. The van der Waals surface area contributed by atoms with Crippen LogP contribution in [0.4, 0.5) is 0 Å². The van der Waals surface area contributed by atoms with E-state index in [9.17, 15) is 0 Å². The van der Waals surface area contributed by atoms with Gasteiger partial charge in [-0.05, 0) is 0 Å². The van der Waals surface area contributed by atoms with E-state index in [0.29, 0.717) is 0 Å². The van der Waals surface area contributed by atoms with Gasteiger partial charge in [0.1, 0.15) is 0 Å². The SMILES string of the molecule is B#P(C)I. The zero-order chi connectivity index (χ0) is 3.58. The van der Waals surface area contributed by atoms with Crippen molar-refractivity contribution in [2.75, 3.05) is 6.66 Å². The third kappa shape index (κ3) is 11.3. The Morgan fingerprint density at radius 2 is 2.00 bits per heavy atom. The average molecular weight is 184 g/mol. The minimum atomic E-state index is -0.150. The standard InChI is InChI=1S/CH3BIP/c1-4(2)3/h1H3. The van der Waals surface area contributed by atoms with Crippen LogP contribution in [-0.2, 0) is 0 Å². The molecule has 1 unspecified atom stereocenters. The van der Waals surface area contributed by atoms with Gasteiger partial charge in [0.05, 0.1) is 0 Å². The van der Waals surface area contributed by atoms with Crippen molar-refractivity contribution in [3.8, 4) is 0 Å². The van der Waals surface area contributed by atoms with E-state index in [-0.39, 0.29) is 4.88 Å².